The molecule has 0 aliphatic heterocycles. The van der Waals surface area contributed by atoms with E-state index in [4.69, 9.17) is 9.47 Å². The van der Waals surface area contributed by atoms with Gasteiger partial charge in [0.25, 0.3) is 0 Å². The lowest BCUT2D eigenvalue weighted by Crippen LogP contribution is -2.39. The number of rotatable bonds is 8. The molecule has 1 amide bonds. The number of nitrogens with one attached hydrogen (secondary N) is 2. The highest BCUT2D eigenvalue weighted by Crippen LogP contribution is 2.29. The third kappa shape index (κ3) is 6.16. The Labute approximate surface area is 170 Å². The molecule has 7 nitrogen and oxygen atoms in total. The van der Waals surface area contributed by atoms with E-state index in [1.165, 1.54) is 9.78 Å². The van der Waals surface area contributed by atoms with Crippen molar-refractivity contribution in [2.24, 2.45) is 4.99 Å². The maximum Gasteiger partial charge on any atom is 0.243 e. The number of guanidine groups is 1. The Morgan fingerprint density at radius 1 is 1.25 bits per heavy atom. The van der Waals surface area contributed by atoms with Gasteiger partial charge in [0.1, 0.15) is 18.0 Å². The fourth-order valence-corrected chi connectivity index (χ4v) is 3.13. The summed E-state index contributed by atoms with van der Waals surface area (Å²) in [4.78, 5) is 19.1. The van der Waals surface area contributed by atoms with Gasteiger partial charge >= 0.3 is 0 Å². The highest BCUT2D eigenvalue weighted by atomic mass is 32.1. The second-order valence-corrected chi connectivity index (χ2v) is 7.39. The quantitative estimate of drug-likeness (QED) is 0.523. The van der Waals surface area contributed by atoms with Gasteiger partial charge in [-0.15, -0.1) is 11.3 Å². The number of aliphatic imine (C=N–C) groups is 1. The van der Waals surface area contributed by atoms with Gasteiger partial charge in [-0.2, -0.15) is 0 Å². The standard InChI is InChI=1S/C20H28N4O3S/c1-14(17-11-15(26-4)8-9-18(17)27-5)23-20(22-13-19(25)24(2)3)21-12-16-7-6-10-28-16/h6-11,14H,12-13H2,1-5H3,(H2,21,22,23). The highest BCUT2D eigenvalue weighted by molar-refractivity contribution is 7.09. The van der Waals surface area contributed by atoms with E-state index in [0.717, 1.165) is 17.1 Å². The van der Waals surface area contributed by atoms with Crippen LogP contribution in [0.3, 0.4) is 0 Å². The van der Waals surface area contributed by atoms with Crippen molar-refractivity contribution in [2.45, 2.75) is 19.5 Å². The zero-order valence-corrected chi connectivity index (χ0v) is 17.8. The van der Waals surface area contributed by atoms with Crippen LogP contribution in [0.25, 0.3) is 0 Å². The molecule has 28 heavy (non-hydrogen) atoms. The molecule has 8 heteroatoms. The van der Waals surface area contributed by atoms with E-state index in [1.54, 1.807) is 39.7 Å². The van der Waals surface area contributed by atoms with Crippen LogP contribution in [0, 0.1) is 0 Å². The SMILES string of the molecule is COc1ccc(OC)c(C(C)NC(=NCC(=O)N(C)C)NCc2cccs2)c1. The molecule has 2 N–H and O–H groups in total. The summed E-state index contributed by atoms with van der Waals surface area (Å²) >= 11 is 1.66. The van der Waals surface area contributed by atoms with Crippen molar-refractivity contribution < 1.29 is 14.3 Å². The van der Waals surface area contributed by atoms with Crippen LogP contribution in [0.1, 0.15) is 23.4 Å². The highest BCUT2D eigenvalue weighted by Gasteiger charge is 2.15. The average Bonchev–Trinajstić information content (AvgIpc) is 3.22. The van der Waals surface area contributed by atoms with Gasteiger partial charge in [0, 0.05) is 24.5 Å². The summed E-state index contributed by atoms with van der Waals surface area (Å²) < 4.78 is 10.8. The zero-order valence-electron chi connectivity index (χ0n) is 17.0. The van der Waals surface area contributed by atoms with Gasteiger partial charge in [0.05, 0.1) is 26.8 Å². The van der Waals surface area contributed by atoms with Crippen LogP contribution in [0.5, 0.6) is 11.5 Å². The molecule has 2 aromatic rings. The third-order valence-corrected chi connectivity index (χ3v) is 5.01. The first kappa shape index (κ1) is 21.6. The Hall–Kier alpha value is -2.74. The number of benzene rings is 1. The molecular formula is C20H28N4O3S. The zero-order chi connectivity index (χ0) is 20.5. The van der Waals surface area contributed by atoms with Crippen molar-refractivity contribution in [1.29, 1.82) is 0 Å². The monoisotopic (exact) mass is 404 g/mol. The van der Waals surface area contributed by atoms with Crippen LogP contribution < -0.4 is 20.1 Å². The van der Waals surface area contributed by atoms with Gasteiger partial charge in [0.15, 0.2) is 5.96 Å². The number of thiophene rings is 1. The largest absolute Gasteiger partial charge is 0.497 e. The maximum absolute atomic E-state index is 11.9. The van der Waals surface area contributed by atoms with Crippen molar-refractivity contribution in [2.75, 3.05) is 34.9 Å². The first-order chi connectivity index (χ1) is 13.4. The van der Waals surface area contributed by atoms with Crippen LogP contribution in [-0.4, -0.2) is 51.6 Å². The van der Waals surface area contributed by atoms with E-state index in [2.05, 4.69) is 21.7 Å². The first-order valence-corrected chi connectivity index (χ1v) is 9.81. The molecule has 0 aliphatic rings. The second kappa shape index (κ2) is 10.6. The molecule has 0 fully saturated rings. The van der Waals surface area contributed by atoms with Crippen LogP contribution in [0.4, 0.5) is 0 Å². The lowest BCUT2D eigenvalue weighted by atomic mass is 10.1. The van der Waals surface area contributed by atoms with Gasteiger partial charge in [-0.25, -0.2) is 4.99 Å². The van der Waals surface area contributed by atoms with Gasteiger partial charge < -0.3 is 25.0 Å². The number of hydrogen-bond acceptors (Lipinski definition) is 5. The average molecular weight is 405 g/mol. The van der Waals surface area contributed by atoms with Gasteiger partial charge in [-0.05, 0) is 36.6 Å². The summed E-state index contributed by atoms with van der Waals surface area (Å²) in [5, 5.41) is 8.67. The summed E-state index contributed by atoms with van der Waals surface area (Å²) in [6.45, 7) is 2.70. The minimum Gasteiger partial charge on any atom is -0.497 e. The predicted octanol–water partition coefficient (Wildman–Crippen LogP) is 2.65. The van der Waals surface area contributed by atoms with Gasteiger partial charge in [-0.1, -0.05) is 6.07 Å². The molecule has 1 unspecified atom stereocenters. The lowest BCUT2D eigenvalue weighted by Gasteiger charge is -2.21. The number of methoxy groups -OCH3 is 2. The summed E-state index contributed by atoms with van der Waals surface area (Å²) in [5.41, 5.74) is 0.936. The number of amides is 1. The van der Waals surface area contributed by atoms with E-state index in [1.807, 2.05) is 36.6 Å². The number of ether oxygens (including phenoxy) is 2. The molecule has 1 atom stereocenters. The number of likely N-dealkylation sites (N-methyl/N-ethyl adjacent to an activating group) is 1. The lowest BCUT2D eigenvalue weighted by molar-refractivity contribution is -0.127. The fraction of sp³-hybridized carbons (Fsp3) is 0.400. The molecule has 0 spiro atoms. The Morgan fingerprint density at radius 2 is 2.04 bits per heavy atom. The smallest absolute Gasteiger partial charge is 0.243 e. The molecule has 0 aliphatic carbocycles. The Balaban J connectivity index is 2.17. The number of nitrogens with zero attached hydrogens (tertiary/aromatic N) is 2. The second-order valence-electron chi connectivity index (χ2n) is 6.36. The molecule has 2 rings (SSSR count). The normalized spacial score (nSPS) is 12.2. The van der Waals surface area contributed by atoms with E-state index < -0.39 is 0 Å². The van der Waals surface area contributed by atoms with Crippen molar-refractivity contribution in [3.8, 4) is 11.5 Å². The van der Waals surface area contributed by atoms with Crippen LogP contribution in [0.15, 0.2) is 40.7 Å². The molecular weight excluding hydrogens is 376 g/mol. The summed E-state index contributed by atoms with van der Waals surface area (Å²) in [7, 11) is 6.70. The summed E-state index contributed by atoms with van der Waals surface area (Å²) in [6.07, 6.45) is 0. The molecule has 152 valence electrons. The predicted molar refractivity (Wildman–Crippen MR) is 113 cm³/mol. The number of carbonyl (C=O) groups excluding carboxylic acids is 1. The van der Waals surface area contributed by atoms with Gasteiger partial charge in [0.2, 0.25) is 5.91 Å². The Morgan fingerprint density at radius 3 is 2.64 bits per heavy atom. The molecule has 0 radical (unpaired) electrons. The molecule has 1 heterocycles. The van der Waals surface area contributed by atoms with E-state index in [9.17, 15) is 4.79 Å². The van der Waals surface area contributed by atoms with Crippen LogP contribution >= 0.6 is 11.3 Å². The van der Waals surface area contributed by atoms with Crippen molar-refractivity contribution in [3.05, 3.63) is 46.2 Å². The topological polar surface area (TPSA) is 75.2 Å². The molecule has 0 bridgehead atoms. The number of hydrogen-bond donors (Lipinski definition) is 2. The Kier molecular flexibility index (Phi) is 8.13. The van der Waals surface area contributed by atoms with E-state index >= 15 is 0 Å². The van der Waals surface area contributed by atoms with E-state index in [0.29, 0.717) is 12.5 Å². The molecule has 1 aromatic carbocycles. The third-order valence-electron chi connectivity index (χ3n) is 4.14. The maximum atomic E-state index is 11.9. The number of carbonyl (C=O) groups is 1. The van der Waals surface area contributed by atoms with E-state index in [-0.39, 0.29) is 18.5 Å². The minimum atomic E-state index is -0.117. The molecule has 1 aromatic heterocycles. The summed E-state index contributed by atoms with van der Waals surface area (Å²) in [6, 6.07) is 9.60. The fourth-order valence-electron chi connectivity index (χ4n) is 2.49. The van der Waals surface area contributed by atoms with Gasteiger partial charge in [-0.3, -0.25) is 4.79 Å². The van der Waals surface area contributed by atoms with Crippen molar-refractivity contribution in [1.82, 2.24) is 15.5 Å². The molecule has 0 saturated carbocycles. The van der Waals surface area contributed by atoms with Crippen molar-refractivity contribution >= 4 is 23.2 Å². The first-order valence-electron chi connectivity index (χ1n) is 8.94. The van der Waals surface area contributed by atoms with Crippen molar-refractivity contribution in [3.63, 3.8) is 0 Å². The summed E-state index contributed by atoms with van der Waals surface area (Å²) in [5.74, 6) is 1.99. The van der Waals surface area contributed by atoms with Crippen LogP contribution in [0.2, 0.25) is 0 Å². The Bertz CT molecular complexity index is 791. The molecule has 0 saturated heterocycles. The van der Waals surface area contributed by atoms with Crippen LogP contribution in [-0.2, 0) is 11.3 Å². The minimum absolute atomic E-state index is 0.0642.